The second-order valence-corrected chi connectivity index (χ2v) is 6.10. The molecule has 8 heteroatoms. The minimum atomic E-state index is -1.59. The lowest BCUT2D eigenvalue weighted by Gasteiger charge is -2.17. The molecule has 2 rings (SSSR count). The van der Waals surface area contributed by atoms with Crippen molar-refractivity contribution in [1.29, 1.82) is 0 Å². The van der Waals surface area contributed by atoms with Crippen molar-refractivity contribution in [2.24, 2.45) is 12.2 Å². The maximum atomic E-state index is 13.9. The van der Waals surface area contributed by atoms with Gasteiger partial charge in [-0.15, -0.1) is 0 Å². The third kappa shape index (κ3) is 2.35. The van der Waals surface area contributed by atoms with Gasteiger partial charge in [0.05, 0.1) is 5.69 Å². The number of rotatable bonds is 2. The van der Waals surface area contributed by atoms with E-state index in [1.165, 1.54) is 4.80 Å². The van der Waals surface area contributed by atoms with Gasteiger partial charge in [0.1, 0.15) is 5.69 Å². The van der Waals surface area contributed by atoms with Crippen LogP contribution < -0.4 is 0 Å². The second-order valence-electron chi connectivity index (χ2n) is 4.70. The predicted octanol–water partition coefficient (Wildman–Crippen LogP) is 0.833. The summed E-state index contributed by atoms with van der Waals surface area (Å²) >= 11 is -1.59. The normalized spacial score (nSPS) is 23.7. The first-order chi connectivity index (χ1) is 8.31. The van der Waals surface area contributed by atoms with Gasteiger partial charge in [-0.1, -0.05) is 0 Å². The lowest BCUT2D eigenvalue weighted by atomic mass is 10.1. The van der Waals surface area contributed by atoms with Crippen molar-refractivity contribution in [3.8, 4) is 0 Å². The molecule has 0 aromatic carbocycles. The minimum absolute atomic E-state index is 0.0648. The number of nitrogens with zero attached hydrogens (tertiary/aromatic N) is 4. The second kappa shape index (κ2) is 4.51. The summed E-state index contributed by atoms with van der Waals surface area (Å²) < 4.78 is 26.0. The van der Waals surface area contributed by atoms with Crippen LogP contribution in [0.3, 0.4) is 0 Å². The van der Waals surface area contributed by atoms with Crippen molar-refractivity contribution in [2.75, 3.05) is 0 Å². The van der Waals surface area contributed by atoms with Gasteiger partial charge in [0.2, 0.25) is 6.17 Å². The first-order valence-corrected chi connectivity index (χ1v) is 6.78. The Bertz CT molecular complexity index is 488. The molecule has 2 unspecified atom stereocenters. The number of hydrogen-bond donors (Lipinski definition) is 0. The molecule has 6 nitrogen and oxygen atoms in total. The zero-order valence-corrected chi connectivity index (χ0v) is 11.5. The van der Waals surface area contributed by atoms with Gasteiger partial charge < -0.3 is 9.39 Å². The zero-order valence-electron chi connectivity index (χ0n) is 10.7. The molecular formula is C10H15FN4O2S. The summed E-state index contributed by atoms with van der Waals surface area (Å²) in [6, 6.07) is 0. The van der Waals surface area contributed by atoms with Crippen LogP contribution in [0.25, 0.3) is 0 Å². The highest BCUT2D eigenvalue weighted by molar-refractivity contribution is 8.05. The molecule has 0 radical (unpaired) electrons. The molecule has 0 spiro atoms. The monoisotopic (exact) mass is 274 g/mol. The predicted molar refractivity (Wildman–Crippen MR) is 65.1 cm³/mol. The van der Waals surface area contributed by atoms with E-state index in [9.17, 15) is 8.94 Å². The highest BCUT2D eigenvalue weighted by Crippen LogP contribution is 2.29. The van der Waals surface area contributed by atoms with E-state index in [4.69, 9.17) is 4.84 Å². The topological polar surface area (TPSA) is 75.4 Å². The third-order valence-corrected chi connectivity index (χ3v) is 3.96. The summed E-state index contributed by atoms with van der Waals surface area (Å²) in [4.78, 5) is 6.33. The van der Waals surface area contributed by atoms with Crippen LogP contribution >= 0.6 is 0 Å². The molecule has 2 heterocycles. The van der Waals surface area contributed by atoms with Crippen LogP contribution in [0.5, 0.6) is 0 Å². The first-order valence-electron chi connectivity index (χ1n) is 5.46. The van der Waals surface area contributed by atoms with E-state index in [0.717, 1.165) is 0 Å². The average molecular weight is 274 g/mol. The molecule has 1 aromatic heterocycles. The van der Waals surface area contributed by atoms with Crippen molar-refractivity contribution in [1.82, 2.24) is 15.0 Å². The van der Waals surface area contributed by atoms with E-state index >= 15 is 0 Å². The SMILES string of the molecule is Cc1nn(C)nc1C[S+]([O-])C1=NOC(C)(C)C1F. The van der Waals surface area contributed by atoms with Crippen LogP contribution in [0.15, 0.2) is 5.16 Å². The number of hydrogen-bond acceptors (Lipinski definition) is 5. The van der Waals surface area contributed by atoms with Gasteiger partial charge in [-0.05, 0) is 25.9 Å². The number of aromatic nitrogens is 3. The van der Waals surface area contributed by atoms with Crippen molar-refractivity contribution >= 4 is 16.2 Å². The van der Waals surface area contributed by atoms with E-state index in [0.29, 0.717) is 11.4 Å². The Morgan fingerprint density at radius 1 is 1.50 bits per heavy atom. The molecule has 100 valence electrons. The fourth-order valence-corrected chi connectivity index (χ4v) is 2.88. The molecule has 1 aliphatic rings. The summed E-state index contributed by atoms with van der Waals surface area (Å²) in [6.45, 7) is 4.90. The maximum absolute atomic E-state index is 13.9. The summed E-state index contributed by atoms with van der Waals surface area (Å²) in [5.74, 6) is 0.0956. The molecule has 1 aliphatic heterocycles. The molecule has 0 saturated heterocycles. The number of alkyl halides is 1. The Balaban J connectivity index is 2.10. The Morgan fingerprint density at radius 3 is 2.61 bits per heavy atom. The van der Waals surface area contributed by atoms with Gasteiger partial charge in [-0.2, -0.15) is 15.0 Å². The molecular weight excluding hydrogens is 259 g/mol. The molecule has 0 bridgehead atoms. The largest absolute Gasteiger partial charge is 0.610 e. The van der Waals surface area contributed by atoms with Gasteiger partial charge >= 0.3 is 0 Å². The molecule has 1 aromatic rings. The molecule has 0 saturated carbocycles. The zero-order chi connectivity index (χ0) is 13.5. The van der Waals surface area contributed by atoms with E-state index in [1.807, 2.05) is 0 Å². The van der Waals surface area contributed by atoms with Crippen LogP contribution in [0, 0.1) is 6.92 Å². The summed E-state index contributed by atoms with van der Waals surface area (Å²) in [6.07, 6.45) is -1.46. The summed E-state index contributed by atoms with van der Waals surface area (Å²) in [5, 5.41) is 11.6. The molecule has 2 atom stereocenters. The molecule has 0 aliphatic carbocycles. The summed E-state index contributed by atoms with van der Waals surface area (Å²) in [7, 11) is 1.68. The van der Waals surface area contributed by atoms with Crippen molar-refractivity contribution < 1.29 is 13.8 Å². The van der Waals surface area contributed by atoms with Crippen LogP contribution in [0.4, 0.5) is 4.39 Å². The van der Waals surface area contributed by atoms with Gasteiger partial charge in [-0.3, -0.25) is 0 Å². The highest BCUT2D eigenvalue weighted by Gasteiger charge is 2.48. The fraction of sp³-hybridized carbons (Fsp3) is 0.700. The van der Waals surface area contributed by atoms with E-state index in [2.05, 4.69) is 15.4 Å². The van der Waals surface area contributed by atoms with Gasteiger partial charge in [0, 0.05) is 18.2 Å². The Labute approximate surface area is 107 Å². The summed E-state index contributed by atoms with van der Waals surface area (Å²) in [5.41, 5.74) is 0.207. The standard InChI is InChI=1S/C10H15FN4O2S/c1-6-7(13-15(4)12-6)5-18(16)9-8(11)10(2,3)17-14-9/h8H,5H2,1-4H3. The van der Waals surface area contributed by atoms with E-state index in [-0.39, 0.29) is 10.8 Å². The van der Waals surface area contributed by atoms with Gasteiger partial charge in [-0.25, -0.2) is 4.39 Å². The minimum Gasteiger partial charge on any atom is -0.610 e. The van der Waals surface area contributed by atoms with Gasteiger partial charge in [0.25, 0.3) is 5.04 Å². The van der Waals surface area contributed by atoms with Crippen molar-refractivity contribution in [2.45, 2.75) is 38.3 Å². The first kappa shape index (κ1) is 13.3. The number of halogens is 1. The number of oxime groups is 1. The van der Waals surface area contributed by atoms with Crippen LogP contribution in [-0.2, 0) is 28.8 Å². The molecule has 0 N–H and O–H groups in total. The highest BCUT2D eigenvalue weighted by atomic mass is 32.2. The maximum Gasteiger partial charge on any atom is 0.293 e. The Hall–Kier alpha value is -1.15. The lowest BCUT2D eigenvalue weighted by Crippen LogP contribution is -2.37. The van der Waals surface area contributed by atoms with Crippen molar-refractivity contribution in [3.05, 3.63) is 11.4 Å². The van der Waals surface area contributed by atoms with Crippen LogP contribution in [-0.4, -0.2) is 36.4 Å². The lowest BCUT2D eigenvalue weighted by molar-refractivity contribution is -0.0232. The third-order valence-electron chi connectivity index (χ3n) is 2.68. The van der Waals surface area contributed by atoms with Crippen LogP contribution in [0.2, 0.25) is 0 Å². The van der Waals surface area contributed by atoms with Crippen molar-refractivity contribution in [3.63, 3.8) is 0 Å². The quantitative estimate of drug-likeness (QED) is 0.749. The van der Waals surface area contributed by atoms with E-state index in [1.54, 1.807) is 27.8 Å². The smallest absolute Gasteiger partial charge is 0.293 e. The average Bonchev–Trinajstić information content (AvgIpc) is 2.69. The molecule has 18 heavy (non-hydrogen) atoms. The van der Waals surface area contributed by atoms with Crippen LogP contribution in [0.1, 0.15) is 25.2 Å². The number of aryl methyl sites for hydroxylation is 2. The Morgan fingerprint density at radius 2 is 2.17 bits per heavy atom. The molecule has 0 fully saturated rings. The van der Waals surface area contributed by atoms with Gasteiger partial charge in [0.15, 0.2) is 11.4 Å². The fourth-order valence-electron chi connectivity index (χ4n) is 1.59. The Kier molecular flexibility index (Phi) is 3.33. The molecule has 0 amide bonds. The van der Waals surface area contributed by atoms with E-state index < -0.39 is 22.9 Å².